The summed E-state index contributed by atoms with van der Waals surface area (Å²) in [6.45, 7) is 7.87. The highest BCUT2D eigenvalue weighted by Crippen LogP contribution is 2.20. The lowest BCUT2D eigenvalue weighted by molar-refractivity contribution is 0.0277. The Hall–Kier alpha value is -0.120. The summed E-state index contributed by atoms with van der Waals surface area (Å²) in [6, 6.07) is 0. The molecule has 6 nitrogen and oxygen atoms in total. The number of aliphatic imine (C=N–C) groups is 1. The number of hydrogen-bond acceptors (Lipinski definition) is 4. The van der Waals surface area contributed by atoms with Crippen molar-refractivity contribution < 1.29 is 9.47 Å². The third-order valence-corrected chi connectivity index (χ3v) is 5.04. The van der Waals surface area contributed by atoms with Gasteiger partial charge in [-0.05, 0) is 38.6 Å². The van der Waals surface area contributed by atoms with E-state index < -0.39 is 0 Å². The zero-order valence-corrected chi connectivity index (χ0v) is 18.8. The van der Waals surface area contributed by atoms with E-state index in [2.05, 4.69) is 20.5 Å². The van der Waals surface area contributed by atoms with E-state index in [0.29, 0.717) is 6.10 Å². The average molecular weight is 482 g/mol. The Balaban J connectivity index is 0.00000338. The average Bonchev–Trinajstić information content (AvgIpc) is 2.67. The molecular formula is C19H39IN4O2. The predicted octanol–water partition coefficient (Wildman–Crippen LogP) is 2.62. The molecule has 154 valence electrons. The fraction of sp³-hybridized carbons (Fsp3) is 0.947. The highest BCUT2D eigenvalue weighted by molar-refractivity contribution is 14.0. The maximum Gasteiger partial charge on any atom is 0.190 e. The van der Waals surface area contributed by atoms with Crippen molar-refractivity contribution in [2.24, 2.45) is 4.99 Å². The Labute approximate surface area is 176 Å². The summed E-state index contributed by atoms with van der Waals surface area (Å²) in [4.78, 5) is 6.78. The summed E-state index contributed by atoms with van der Waals surface area (Å²) in [5, 5.41) is 6.78. The molecule has 2 fully saturated rings. The number of guanidine groups is 1. The van der Waals surface area contributed by atoms with Gasteiger partial charge in [-0.15, -0.1) is 24.0 Å². The maximum atomic E-state index is 5.96. The lowest BCUT2D eigenvalue weighted by Crippen LogP contribution is -2.39. The first-order valence-electron chi connectivity index (χ1n) is 10.2. The molecule has 0 spiro atoms. The van der Waals surface area contributed by atoms with Crippen LogP contribution in [0, 0.1) is 0 Å². The van der Waals surface area contributed by atoms with Gasteiger partial charge in [0.1, 0.15) is 0 Å². The van der Waals surface area contributed by atoms with E-state index >= 15 is 0 Å². The van der Waals surface area contributed by atoms with E-state index in [1.54, 1.807) is 0 Å². The van der Waals surface area contributed by atoms with E-state index in [4.69, 9.17) is 9.47 Å². The van der Waals surface area contributed by atoms with Gasteiger partial charge in [-0.1, -0.05) is 19.3 Å². The van der Waals surface area contributed by atoms with Crippen molar-refractivity contribution in [3.05, 3.63) is 0 Å². The highest BCUT2D eigenvalue weighted by atomic mass is 127. The summed E-state index contributed by atoms with van der Waals surface area (Å²) in [5.41, 5.74) is 0. The van der Waals surface area contributed by atoms with Crippen molar-refractivity contribution >= 4 is 29.9 Å². The van der Waals surface area contributed by atoms with E-state index in [1.807, 2.05) is 7.05 Å². The molecule has 0 unspecified atom stereocenters. The molecule has 0 bridgehead atoms. The standard InChI is InChI=1S/C19H38N4O2.HI/c1-20-19(21-10-5-6-12-23-13-16-24-17-14-23)22-11-7-15-25-18-8-3-2-4-9-18;/h18H,2-17H2,1H3,(H2,20,21,22);1H. The monoisotopic (exact) mass is 482 g/mol. The number of ether oxygens (including phenoxy) is 2. The van der Waals surface area contributed by atoms with Crippen LogP contribution in [-0.2, 0) is 9.47 Å². The molecule has 0 aromatic carbocycles. The van der Waals surface area contributed by atoms with Crippen molar-refractivity contribution in [2.45, 2.75) is 57.5 Å². The van der Waals surface area contributed by atoms with Crippen LogP contribution in [0.4, 0.5) is 0 Å². The minimum atomic E-state index is 0. The van der Waals surface area contributed by atoms with Crippen molar-refractivity contribution in [3.8, 4) is 0 Å². The zero-order chi connectivity index (χ0) is 17.6. The topological polar surface area (TPSA) is 58.1 Å². The van der Waals surface area contributed by atoms with E-state index in [9.17, 15) is 0 Å². The van der Waals surface area contributed by atoms with E-state index in [1.165, 1.54) is 51.5 Å². The molecule has 0 amide bonds. The second-order valence-corrected chi connectivity index (χ2v) is 7.07. The first-order valence-corrected chi connectivity index (χ1v) is 10.2. The van der Waals surface area contributed by atoms with Gasteiger partial charge in [-0.2, -0.15) is 0 Å². The summed E-state index contributed by atoms with van der Waals surface area (Å²) in [6.07, 6.45) is 10.5. The van der Waals surface area contributed by atoms with Crippen LogP contribution < -0.4 is 10.6 Å². The normalized spacial score (nSPS) is 19.8. The number of unbranched alkanes of at least 4 members (excludes halogenated alkanes) is 1. The van der Waals surface area contributed by atoms with Crippen LogP contribution in [0.5, 0.6) is 0 Å². The van der Waals surface area contributed by atoms with Gasteiger partial charge in [0, 0.05) is 39.8 Å². The van der Waals surface area contributed by atoms with E-state index in [0.717, 1.165) is 58.4 Å². The first kappa shape index (κ1) is 23.9. The van der Waals surface area contributed by atoms with Crippen LogP contribution in [0.2, 0.25) is 0 Å². The molecule has 1 aliphatic heterocycles. The number of morpholine rings is 1. The Morgan fingerprint density at radius 1 is 1.04 bits per heavy atom. The molecule has 0 aromatic rings. The third-order valence-electron chi connectivity index (χ3n) is 5.04. The second-order valence-electron chi connectivity index (χ2n) is 7.07. The molecule has 1 aliphatic carbocycles. The van der Waals surface area contributed by atoms with Crippen molar-refractivity contribution in [1.29, 1.82) is 0 Å². The zero-order valence-electron chi connectivity index (χ0n) is 16.5. The Bertz CT molecular complexity index is 329. The van der Waals surface area contributed by atoms with Gasteiger partial charge >= 0.3 is 0 Å². The van der Waals surface area contributed by atoms with Gasteiger partial charge in [0.05, 0.1) is 19.3 Å². The fourth-order valence-corrected chi connectivity index (χ4v) is 3.47. The largest absolute Gasteiger partial charge is 0.379 e. The molecule has 2 N–H and O–H groups in total. The number of nitrogens with zero attached hydrogens (tertiary/aromatic N) is 2. The summed E-state index contributed by atoms with van der Waals surface area (Å²) in [7, 11) is 1.83. The number of hydrogen-bond donors (Lipinski definition) is 2. The number of nitrogens with one attached hydrogen (secondary N) is 2. The summed E-state index contributed by atoms with van der Waals surface area (Å²) < 4.78 is 11.3. The third kappa shape index (κ3) is 10.9. The molecule has 0 atom stereocenters. The lowest BCUT2D eigenvalue weighted by Gasteiger charge is -2.26. The van der Waals surface area contributed by atoms with Crippen LogP contribution in [-0.4, -0.2) is 76.6 Å². The first-order chi connectivity index (χ1) is 12.4. The molecule has 0 aromatic heterocycles. The molecular weight excluding hydrogens is 443 g/mol. The van der Waals surface area contributed by atoms with Gasteiger partial charge < -0.3 is 20.1 Å². The molecule has 2 aliphatic rings. The smallest absolute Gasteiger partial charge is 0.190 e. The molecule has 7 heteroatoms. The second kappa shape index (κ2) is 15.9. The van der Waals surface area contributed by atoms with Crippen molar-refractivity contribution in [2.75, 3.05) is 59.6 Å². The van der Waals surface area contributed by atoms with Crippen LogP contribution in [0.15, 0.2) is 4.99 Å². The van der Waals surface area contributed by atoms with Gasteiger partial charge in [-0.25, -0.2) is 0 Å². The lowest BCUT2D eigenvalue weighted by atomic mass is 9.98. The molecule has 1 saturated carbocycles. The van der Waals surface area contributed by atoms with Crippen LogP contribution in [0.25, 0.3) is 0 Å². The SMILES string of the molecule is CN=C(NCCCCN1CCOCC1)NCCCOC1CCCCC1.I. The van der Waals surface area contributed by atoms with Gasteiger partial charge in [0.15, 0.2) is 5.96 Å². The highest BCUT2D eigenvalue weighted by Gasteiger charge is 2.13. The van der Waals surface area contributed by atoms with E-state index in [-0.39, 0.29) is 24.0 Å². The van der Waals surface area contributed by atoms with Crippen LogP contribution >= 0.6 is 24.0 Å². The predicted molar refractivity (Wildman–Crippen MR) is 119 cm³/mol. The minimum absolute atomic E-state index is 0. The van der Waals surface area contributed by atoms with Gasteiger partial charge in [-0.3, -0.25) is 9.89 Å². The number of rotatable bonds is 10. The summed E-state index contributed by atoms with van der Waals surface area (Å²) >= 11 is 0. The van der Waals surface area contributed by atoms with Crippen molar-refractivity contribution in [3.63, 3.8) is 0 Å². The summed E-state index contributed by atoms with van der Waals surface area (Å²) in [5.74, 6) is 0.907. The number of halogens is 1. The van der Waals surface area contributed by atoms with Crippen LogP contribution in [0.1, 0.15) is 51.4 Å². The maximum absolute atomic E-state index is 5.96. The van der Waals surface area contributed by atoms with Crippen LogP contribution in [0.3, 0.4) is 0 Å². The molecule has 1 saturated heterocycles. The van der Waals surface area contributed by atoms with Gasteiger partial charge in [0.2, 0.25) is 0 Å². The Morgan fingerprint density at radius 2 is 1.73 bits per heavy atom. The molecule has 0 radical (unpaired) electrons. The molecule has 2 rings (SSSR count). The Morgan fingerprint density at radius 3 is 2.42 bits per heavy atom. The van der Waals surface area contributed by atoms with Gasteiger partial charge in [0.25, 0.3) is 0 Å². The van der Waals surface area contributed by atoms with Crippen molar-refractivity contribution in [1.82, 2.24) is 15.5 Å². The molecule has 1 heterocycles. The molecule has 26 heavy (non-hydrogen) atoms. The quantitative estimate of drug-likeness (QED) is 0.217. The fourth-order valence-electron chi connectivity index (χ4n) is 3.47. The minimum Gasteiger partial charge on any atom is -0.379 e. The Kier molecular flexibility index (Phi) is 14.6.